The van der Waals surface area contributed by atoms with Crippen molar-refractivity contribution in [1.29, 1.82) is 0 Å². The molecule has 0 aromatic rings. The van der Waals surface area contributed by atoms with Crippen LogP contribution in [0, 0.1) is 5.92 Å². The summed E-state index contributed by atoms with van der Waals surface area (Å²) in [5, 5.41) is 25.4. The van der Waals surface area contributed by atoms with Crippen LogP contribution in [0.1, 0.15) is 52.4 Å². The summed E-state index contributed by atoms with van der Waals surface area (Å²) in [4.78, 5) is 75.6. The molecule has 0 aliphatic rings. The van der Waals surface area contributed by atoms with E-state index in [9.17, 15) is 33.9 Å². The van der Waals surface area contributed by atoms with Crippen LogP contribution in [0.4, 0.5) is 0 Å². The molecule has 0 aliphatic carbocycles. The molecule has 0 radical (unpaired) electrons. The van der Waals surface area contributed by atoms with Crippen LogP contribution in [0.3, 0.4) is 0 Å². The van der Waals surface area contributed by atoms with Crippen LogP contribution in [-0.2, 0) is 28.8 Å². The number of carboxylic acids is 2. The van der Waals surface area contributed by atoms with E-state index in [1.165, 1.54) is 0 Å². The molecule has 0 fully saturated rings. The van der Waals surface area contributed by atoms with Gasteiger partial charge in [0.05, 0.1) is 6.04 Å². The van der Waals surface area contributed by atoms with Gasteiger partial charge in [-0.2, -0.15) is 0 Å². The summed E-state index contributed by atoms with van der Waals surface area (Å²) in [5.41, 5.74) is 21.4. The van der Waals surface area contributed by atoms with Crippen LogP contribution in [0.2, 0.25) is 0 Å². The van der Waals surface area contributed by atoms with E-state index >= 15 is 0 Å². The molecule has 37 heavy (non-hydrogen) atoms. The maximum atomic E-state index is 13.0. The second-order valence-corrected chi connectivity index (χ2v) is 8.68. The van der Waals surface area contributed by atoms with Crippen molar-refractivity contribution in [3.8, 4) is 0 Å². The van der Waals surface area contributed by atoms with Crippen molar-refractivity contribution in [2.75, 3.05) is 6.54 Å². The first kappa shape index (κ1) is 33.0. The molecule has 0 heterocycles. The van der Waals surface area contributed by atoms with Crippen LogP contribution < -0.4 is 38.9 Å². The highest BCUT2D eigenvalue weighted by atomic mass is 16.4. The van der Waals surface area contributed by atoms with E-state index in [0.717, 1.165) is 0 Å². The van der Waals surface area contributed by atoms with E-state index in [1.807, 2.05) is 0 Å². The van der Waals surface area contributed by atoms with Gasteiger partial charge in [0.1, 0.15) is 18.1 Å². The Hall–Kier alpha value is -3.95. The fraction of sp³-hybridized carbons (Fsp3) is 0.667. The van der Waals surface area contributed by atoms with E-state index in [4.69, 9.17) is 28.0 Å². The molecular formula is C21H38N8O8. The summed E-state index contributed by atoms with van der Waals surface area (Å²) in [6.07, 6.45) is -1.20. The van der Waals surface area contributed by atoms with Gasteiger partial charge in [0.25, 0.3) is 0 Å². The summed E-state index contributed by atoms with van der Waals surface area (Å²) in [7, 11) is 0. The molecule has 4 unspecified atom stereocenters. The van der Waals surface area contributed by atoms with Crippen molar-refractivity contribution in [2.24, 2.45) is 33.8 Å². The molecule has 0 saturated heterocycles. The number of carbonyl (C=O) groups excluding carboxylic acids is 4. The third kappa shape index (κ3) is 14.3. The number of nitrogens with two attached hydrogens (primary N) is 4. The summed E-state index contributed by atoms with van der Waals surface area (Å²) < 4.78 is 0. The Balaban J connectivity index is 5.72. The van der Waals surface area contributed by atoms with Crippen molar-refractivity contribution >= 4 is 41.5 Å². The van der Waals surface area contributed by atoms with Gasteiger partial charge in [-0.15, -0.1) is 0 Å². The molecule has 4 atom stereocenters. The Kier molecular flexibility index (Phi) is 14.9. The molecule has 0 bridgehead atoms. The number of hydrogen-bond acceptors (Lipinski definition) is 8. The minimum absolute atomic E-state index is 0.0401. The van der Waals surface area contributed by atoms with Crippen LogP contribution in [0.5, 0.6) is 0 Å². The molecule has 0 saturated carbocycles. The smallest absolute Gasteiger partial charge is 0.326 e. The highest BCUT2D eigenvalue weighted by Crippen LogP contribution is 2.07. The van der Waals surface area contributed by atoms with Crippen molar-refractivity contribution in [2.45, 2.75) is 76.5 Å². The van der Waals surface area contributed by atoms with Crippen LogP contribution in [0.15, 0.2) is 4.99 Å². The number of amides is 4. The lowest BCUT2D eigenvalue weighted by atomic mass is 10.0. The number of carboxylic acid groups (broad SMARTS) is 2. The van der Waals surface area contributed by atoms with Gasteiger partial charge in [0.2, 0.25) is 23.6 Å². The number of nitrogens with one attached hydrogen (secondary N) is 3. The zero-order valence-corrected chi connectivity index (χ0v) is 20.9. The summed E-state index contributed by atoms with van der Waals surface area (Å²) in [6, 6.07) is -5.09. The highest BCUT2D eigenvalue weighted by Gasteiger charge is 2.31. The Bertz CT molecular complexity index is 859. The number of carbonyl (C=O) groups is 6. The third-order valence-corrected chi connectivity index (χ3v) is 5.17. The zero-order chi connectivity index (χ0) is 28.7. The van der Waals surface area contributed by atoms with Crippen molar-refractivity contribution in [3.63, 3.8) is 0 Å². The van der Waals surface area contributed by atoms with E-state index in [-0.39, 0.29) is 50.5 Å². The molecule has 210 valence electrons. The van der Waals surface area contributed by atoms with Gasteiger partial charge < -0.3 is 49.1 Å². The standard InChI is InChI=1S/C21H38N8O8/c1-10(2)16(23)19(35)28-12(6-8-15(31)32)18(34)27-11(4-3-9-26-21(24)25)17(33)29-13(20(36)37)5-7-14(22)30/h10-13,16H,3-9,23H2,1-2H3,(H2,22,30)(H,27,34)(H,28,35)(H,29,33)(H,31,32)(H,36,37)(H4,24,25,26). The molecule has 4 amide bonds. The first-order chi connectivity index (χ1) is 17.1. The van der Waals surface area contributed by atoms with Crippen molar-refractivity contribution in [1.82, 2.24) is 16.0 Å². The summed E-state index contributed by atoms with van der Waals surface area (Å²) >= 11 is 0. The molecule has 0 aliphatic heterocycles. The number of rotatable bonds is 18. The number of guanidine groups is 1. The monoisotopic (exact) mass is 530 g/mol. The first-order valence-electron chi connectivity index (χ1n) is 11.6. The molecule has 0 rings (SSSR count). The maximum Gasteiger partial charge on any atom is 0.326 e. The Labute approximate surface area is 214 Å². The molecule has 13 N–H and O–H groups in total. The normalized spacial score (nSPS) is 13.9. The maximum absolute atomic E-state index is 13.0. The molecule has 0 aromatic carbocycles. The van der Waals surface area contributed by atoms with Gasteiger partial charge >= 0.3 is 11.9 Å². The van der Waals surface area contributed by atoms with Crippen LogP contribution in [-0.4, -0.2) is 82.5 Å². The molecule has 16 heteroatoms. The Morgan fingerprint density at radius 2 is 1.24 bits per heavy atom. The Morgan fingerprint density at radius 3 is 1.70 bits per heavy atom. The van der Waals surface area contributed by atoms with Gasteiger partial charge in [0.15, 0.2) is 5.96 Å². The third-order valence-electron chi connectivity index (χ3n) is 5.17. The molecule has 0 spiro atoms. The van der Waals surface area contributed by atoms with Gasteiger partial charge in [-0.25, -0.2) is 4.79 Å². The zero-order valence-electron chi connectivity index (χ0n) is 20.9. The average molecular weight is 531 g/mol. The van der Waals surface area contributed by atoms with Gasteiger partial charge in [-0.3, -0.25) is 29.0 Å². The second kappa shape index (κ2) is 16.7. The van der Waals surface area contributed by atoms with Gasteiger partial charge in [-0.1, -0.05) is 13.8 Å². The average Bonchev–Trinajstić information content (AvgIpc) is 2.79. The second-order valence-electron chi connectivity index (χ2n) is 8.68. The van der Waals surface area contributed by atoms with E-state index < -0.39 is 66.2 Å². The number of nitrogens with zero attached hydrogens (tertiary/aromatic N) is 1. The largest absolute Gasteiger partial charge is 0.481 e. The fourth-order valence-corrected chi connectivity index (χ4v) is 2.97. The number of aliphatic imine (C=N–C) groups is 1. The minimum atomic E-state index is -1.47. The molecule has 16 nitrogen and oxygen atoms in total. The predicted octanol–water partition coefficient (Wildman–Crippen LogP) is -3.31. The first-order valence-corrected chi connectivity index (χ1v) is 11.6. The fourth-order valence-electron chi connectivity index (χ4n) is 2.97. The lowest BCUT2D eigenvalue weighted by molar-refractivity contribution is -0.142. The lowest BCUT2D eigenvalue weighted by Crippen LogP contribution is -2.57. The van der Waals surface area contributed by atoms with Crippen LogP contribution >= 0.6 is 0 Å². The molecular weight excluding hydrogens is 492 g/mol. The summed E-state index contributed by atoms with van der Waals surface area (Å²) in [5.74, 6) is -6.33. The molecule has 0 aromatic heterocycles. The highest BCUT2D eigenvalue weighted by molar-refractivity contribution is 5.94. The van der Waals surface area contributed by atoms with Crippen molar-refractivity contribution < 1.29 is 39.0 Å². The number of primary amides is 1. The van der Waals surface area contributed by atoms with Gasteiger partial charge in [0, 0.05) is 19.4 Å². The number of aliphatic carboxylic acids is 2. The van der Waals surface area contributed by atoms with Crippen LogP contribution in [0.25, 0.3) is 0 Å². The predicted molar refractivity (Wildman–Crippen MR) is 131 cm³/mol. The Morgan fingerprint density at radius 1 is 0.757 bits per heavy atom. The SMILES string of the molecule is CC(C)C(N)C(=O)NC(CCC(=O)O)C(=O)NC(CCCN=C(N)N)C(=O)NC(CCC(N)=O)C(=O)O. The lowest BCUT2D eigenvalue weighted by Gasteiger charge is -2.25. The van der Waals surface area contributed by atoms with Crippen molar-refractivity contribution in [3.05, 3.63) is 0 Å². The van der Waals surface area contributed by atoms with E-state index in [2.05, 4.69) is 20.9 Å². The van der Waals surface area contributed by atoms with E-state index in [0.29, 0.717) is 0 Å². The van der Waals surface area contributed by atoms with Gasteiger partial charge in [-0.05, 0) is 31.6 Å². The number of hydrogen-bond donors (Lipinski definition) is 9. The van der Waals surface area contributed by atoms with E-state index in [1.54, 1.807) is 13.8 Å². The topological polar surface area (TPSA) is 295 Å². The minimum Gasteiger partial charge on any atom is -0.481 e. The quantitative estimate of drug-likeness (QED) is 0.0480. The summed E-state index contributed by atoms with van der Waals surface area (Å²) in [6.45, 7) is 3.46.